The zero-order valence-electron chi connectivity index (χ0n) is 17.5. The van der Waals surface area contributed by atoms with Crippen molar-refractivity contribution in [2.75, 3.05) is 4.90 Å². The van der Waals surface area contributed by atoms with Gasteiger partial charge in [0, 0.05) is 17.1 Å². The quantitative estimate of drug-likeness (QED) is 0.267. The summed E-state index contributed by atoms with van der Waals surface area (Å²) >= 11 is 0. The van der Waals surface area contributed by atoms with Crippen molar-refractivity contribution < 1.29 is 13.2 Å². The number of anilines is 3. The summed E-state index contributed by atoms with van der Waals surface area (Å²) in [6, 6.07) is 33.9. The molecule has 0 fully saturated rings. The van der Waals surface area contributed by atoms with Gasteiger partial charge in [-0.2, -0.15) is 13.2 Å². The number of alkyl halides is 3. The van der Waals surface area contributed by atoms with Gasteiger partial charge in [0.2, 0.25) is 0 Å². The van der Waals surface area contributed by atoms with Crippen LogP contribution in [0.25, 0.3) is 33.0 Å². The molecule has 0 N–H and O–H groups in total. The van der Waals surface area contributed by atoms with Crippen molar-refractivity contribution in [1.82, 2.24) is 0 Å². The molecular formula is C29H18F3N. The van der Waals surface area contributed by atoms with Crippen LogP contribution in [0.3, 0.4) is 0 Å². The van der Waals surface area contributed by atoms with Gasteiger partial charge in [0.15, 0.2) is 0 Å². The summed E-state index contributed by atoms with van der Waals surface area (Å²) in [4.78, 5) is 2.08. The third-order valence-corrected chi connectivity index (χ3v) is 6.16. The van der Waals surface area contributed by atoms with E-state index in [0.717, 1.165) is 39.1 Å². The average molecular weight is 437 g/mol. The van der Waals surface area contributed by atoms with Gasteiger partial charge < -0.3 is 4.90 Å². The third kappa shape index (κ3) is 3.18. The maximum absolute atomic E-state index is 13.8. The van der Waals surface area contributed by atoms with Gasteiger partial charge in [-0.1, -0.05) is 60.7 Å². The Morgan fingerprint density at radius 1 is 0.485 bits per heavy atom. The van der Waals surface area contributed by atoms with Crippen molar-refractivity contribution in [1.29, 1.82) is 0 Å². The second-order valence-electron chi connectivity index (χ2n) is 8.17. The van der Waals surface area contributed by atoms with Crippen LogP contribution < -0.4 is 4.90 Å². The molecule has 0 unspecified atom stereocenters. The predicted octanol–water partition coefficient (Wildman–Crippen LogP) is 8.98. The van der Waals surface area contributed by atoms with E-state index in [1.165, 1.54) is 12.1 Å². The Balaban J connectivity index is 1.68. The molecule has 1 aliphatic rings. The van der Waals surface area contributed by atoms with E-state index in [4.69, 9.17) is 0 Å². The lowest BCUT2D eigenvalue weighted by Crippen LogP contribution is -2.10. The van der Waals surface area contributed by atoms with E-state index in [1.807, 2.05) is 91.0 Å². The molecule has 1 nitrogen and oxygen atoms in total. The molecule has 33 heavy (non-hydrogen) atoms. The summed E-state index contributed by atoms with van der Waals surface area (Å²) in [6.07, 6.45) is -4.42. The predicted molar refractivity (Wildman–Crippen MR) is 128 cm³/mol. The van der Waals surface area contributed by atoms with Gasteiger partial charge in [0.05, 0.1) is 5.56 Å². The number of fused-ring (bicyclic) bond motifs is 3. The molecule has 0 spiro atoms. The summed E-state index contributed by atoms with van der Waals surface area (Å²) in [5.41, 5.74) is 5.46. The number of benzene rings is 5. The Hall–Kier alpha value is -4.05. The average Bonchev–Trinajstić information content (AvgIpc) is 3.15. The van der Waals surface area contributed by atoms with E-state index in [-0.39, 0.29) is 0 Å². The highest BCUT2D eigenvalue weighted by molar-refractivity contribution is 6.17. The van der Waals surface area contributed by atoms with Gasteiger partial charge in [-0.05, 0) is 81.6 Å². The standard InChI is InChI=1S/C29H18F3N/c30-29(31,32)20-15-19-16-23(18-27-25-14-8-7-13-24(25)26(17-20)28(19)27)33(21-9-3-1-4-10-21)22-11-5-2-6-12-22/h1-18H. The summed E-state index contributed by atoms with van der Waals surface area (Å²) in [7, 11) is 0. The molecule has 0 atom stereocenters. The number of halogens is 3. The lowest BCUT2D eigenvalue weighted by molar-refractivity contribution is -0.137. The number of hydrogen-bond donors (Lipinski definition) is 0. The minimum Gasteiger partial charge on any atom is -0.310 e. The highest BCUT2D eigenvalue weighted by Gasteiger charge is 2.33. The fourth-order valence-corrected chi connectivity index (χ4v) is 4.77. The number of hydrogen-bond acceptors (Lipinski definition) is 1. The van der Waals surface area contributed by atoms with Crippen molar-refractivity contribution in [3.8, 4) is 22.3 Å². The Bertz CT molecular complexity index is 1450. The van der Waals surface area contributed by atoms with Crippen LogP contribution in [0.1, 0.15) is 5.56 Å². The maximum Gasteiger partial charge on any atom is 0.416 e. The maximum atomic E-state index is 13.8. The molecule has 4 heteroatoms. The SMILES string of the molecule is FC(F)(F)c1cc2c3c(cc(N(c4ccccc4)c4ccccc4)cc3c1)-c1ccccc1-2. The molecule has 0 amide bonds. The van der Waals surface area contributed by atoms with E-state index in [1.54, 1.807) is 0 Å². The first-order valence-corrected chi connectivity index (χ1v) is 10.7. The van der Waals surface area contributed by atoms with E-state index < -0.39 is 11.7 Å². The van der Waals surface area contributed by atoms with Crippen LogP contribution in [0.4, 0.5) is 30.2 Å². The van der Waals surface area contributed by atoms with Gasteiger partial charge in [0.25, 0.3) is 0 Å². The molecule has 0 saturated carbocycles. The van der Waals surface area contributed by atoms with Crippen molar-refractivity contribution in [3.63, 3.8) is 0 Å². The highest BCUT2D eigenvalue weighted by atomic mass is 19.4. The molecule has 0 heterocycles. The summed E-state index contributed by atoms with van der Waals surface area (Å²) in [5.74, 6) is 0. The smallest absolute Gasteiger partial charge is 0.310 e. The first-order valence-electron chi connectivity index (χ1n) is 10.7. The van der Waals surface area contributed by atoms with E-state index in [9.17, 15) is 13.2 Å². The zero-order valence-corrected chi connectivity index (χ0v) is 17.5. The zero-order chi connectivity index (χ0) is 22.6. The van der Waals surface area contributed by atoms with Crippen molar-refractivity contribution in [2.24, 2.45) is 0 Å². The Kier molecular flexibility index (Phi) is 4.31. The van der Waals surface area contributed by atoms with Crippen molar-refractivity contribution in [3.05, 3.63) is 115 Å². The lowest BCUT2D eigenvalue weighted by Gasteiger charge is -2.26. The minimum atomic E-state index is -4.42. The third-order valence-electron chi connectivity index (χ3n) is 6.16. The van der Waals surface area contributed by atoms with Gasteiger partial charge >= 0.3 is 6.18 Å². The molecule has 5 aromatic carbocycles. The van der Waals surface area contributed by atoms with Crippen molar-refractivity contribution in [2.45, 2.75) is 6.18 Å². The minimum absolute atomic E-state index is 0.584. The molecule has 0 radical (unpaired) electrons. The largest absolute Gasteiger partial charge is 0.416 e. The van der Waals surface area contributed by atoms with Crippen LogP contribution in [0.15, 0.2) is 109 Å². The van der Waals surface area contributed by atoms with Crippen LogP contribution in [0, 0.1) is 0 Å². The second-order valence-corrected chi connectivity index (χ2v) is 8.17. The summed E-state index contributed by atoms with van der Waals surface area (Å²) < 4.78 is 41.4. The Morgan fingerprint density at radius 2 is 1.00 bits per heavy atom. The van der Waals surface area contributed by atoms with Gasteiger partial charge in [0.1, 0.15) is 0 Å². The molecule has 0 aromatic heterocycles. The molecule has 0 bridgehead atoms. The van der Waals surface area contributed by atoms with Gasteiger partial charge in [-0.15, -0.1) is 0 Å². The molecule has 6 rings (SSSR count). The Labute approximate surface area is 189 Å². The van der Waals surface area contributed by atoms with E-state index in [2.05, 4.69) is 11.0 Å². The lowest BCUT2D eigenvalue weighted by atomic mass is 9.98. The van der Waals surface area contributed by atoms with Crippen LogP contribution in [-0.2, 0) is 6.18 Å². The number of para-hydroxylation sites is 2. The van der Waals surface area contributed by atoms with Crippen molar-refractivity contribution >= 4 is 27.8 Å². The highest BCUT2D eigenvalue weighted by Crippen LogP contribution is 2.51. The van der Waals surface area contributed by atoms with Crippen LogP contribution in [0.2, 0.25) is 0 Å². The fourth-order valence-electron chi connectivity index (χ4n) is 4.77. The normalized spacial score (nSPS) is 12.1. The summed E-state index contributed by atoms with van der Waals surface area (Å²) in [6.45, 7) is 0. The van der Waals surface area contributed by atoms with Crippen LogP contribution >= 0.6 is 0 Å². The Morgan fingerprint density at radius 3 is 1.55 bits per heavy atom. The van der Waals surface area contributed by atoms with Crippen LogP contribution in [0.5, 0.6) is 0 Å². The van der Waals surface area contributed by atoms with E-state index in [0.29, 0.717) is 10.9 Å². The topological polar surface area (TPSA) is 3.24 Å². The first-order chi connectivity index (χ1) is 16.0. The molecule has 0 aliphatic heterocycles. The molecular weight excluding hydrogens is 419 g/mol. The van der Waals surface area contributed by atoms with Crippen LogP contribution in [-0.4, -0.2) is 0 Å². The van der Waals surface area contributed by atoms with Gasteiger partial charge in [-0.25, -0.2) is 0 Å². The number of rotatable bonds is 3. The molecule has 0 saturated heterocycles. The summed E-state index contributed by atoms with van der Waals surface area (Å²) in [5, 5.41) is 1.45. The number of nitrogens with zero attached hydrogens (tertiary/aromatic N) is 1. The fraction of sp³-hybridized carbons (Fsp3) is 0.0345. The second kappa shape index (κ2) is 7.24. The monoisotopic (exact) mass is 437 g/mol. The van der Waals surface area contributed by atoms with Gasteiger partial charge in [-0.3, -0.25) is 0 Å². The molecule has 1 aliphatic carbocycles. The molecule has 160 valence electrons. The van der Waals surface area contributed by atoms with E-state index >= 15 is 0 Å². The first kappa shape index (κ1) is 19.6. The molecule has 5 aromatic rings.